The third-order valence-corrected chi connectivity index (χ3v) is 22.0. The summed E-state index contributed by atoms with van der Waals surface area (Å²) in [5.74, 6) is 9.56. The summed E-state index contributed by atoms with van der Waals surface area (Å²) in [4.78, 5) is 0. The molecule has 8 nitrogen and oxygen atoms in total. The zero-order valence-corrected chi connectivity index (χ0v) is 44.7. The van der Waals surface area contributed by atoms with Crippen LogP contribution in [0.2, 0.25) is 0 Å². The highest BCUT2D eigenvalue weighted by molar-refractivity contribution is 7.81. The lowest BCUT2D eigenvalue weighted by Gasteiger charge is -2.58. The number of allylic oxidation sites excluding steroid dienone is 2. The second kappa shape index (κ2) is 20.7. The number of rotatable bonds is 14. The summed E-state index contributed by atoms with van der Waals surface area (Å²) in [6.07, 6.45) is 29.7. The Morgan fingerprint density at radius 1 is 0.538 bits per heavy atom. The number of hydrogen-bond donors (Lipinski definition) is 0. The van der Waals surface area contributed by atoms with Crippen molar-refractivity contribution in [2.75, 3.05) is 0 Å². The largest absolute Gasteiger partial charge is 2.00 e. The van der Waals surface area contributed by atoms with Gasteiger partial charge in [-0.1, -0.05) is 131 Å². The Bertz CT molecular complexity index is 1780. The van der Waals surface area contributed by atoms with Crippen LogP contribution in [0.25, 0.3) is 0 Å². The van der Waals surface area contributed by atoms with Crippen LogP contribution < -0.4 is 0 Å². The lowest BCUT2D eigenvalue weighted by atomic mass is 9.47. The van der Waals surface area contributed by atoms with Crippen LogP contribution in [0.4, 0.5) is 0 Å². The molecule has 0 aromatic carbocycles. The van der Waals surface area contributed by atoms with E-state index in [2.05, 4.69) is 81.4 Å². The molecule has 0 aromatic rings. The van der Waals surface area contributed by atoms with Gasteiger partial charge in [-0.2, -0.15) is 0 Å². The smallest absolute Gasteiger partial charge is 0.726 e. The number of hydrogen-bond acceptors (Lipinski definition) is 8. The molecule has 6 saturated carbocycles. The molecule has 0 bridgehead atoms. The molecule has 0 saturated heterocycles. The normalized spacial score (nSPS) is 42.1. The standard InChI is InChI=1S/2C27H46O4S.S/c2*1-18(2)7-6-8-19(3)23-11-12-24-22-10-9-20-17-21(31-32(28,29)30)13-15-26(20,4)25(22)14-16-27(23,24)5;/h2*9,18-19,21-25H,6-8,10-17H2,1-5H3,(H,28,29,30);/q;;+2/p-2/t2*19-,21+,22+,23-,24+,25+,26+,27-;/m11./s1. The molecular weight excluding hydrogens is 873 g/mol. The first-order valence-corrected chi connectivity index (χ1v) is 29.2. The van der Waals surface area contributed by atoms with Gasteiger partial charge in [-0.3, -0.25) is 8.37 Å². The molecule has 0 heterocycles. The highest BCUT2D eigenvalue weighted by Gasteiger charge is 2.61. The molecule has 4 radical (unpaired) electrons. The van der Waals surface area contributed by atoms with E-state index in [-0.39, 0.29) is 24.3 Å². The van der Waals surface area contributed by atoms with Crippen molar-refractivity contribution >= 4 is 34.3 Å². The van der Waals surface area contributed by atoms with Gasteiger partial charge in [0.25, 0.3) is 0 Å². The van der Waals surface area contributed by atoms with Crippen LogP contribution in [-0.2, 0) is 42.7 Å². The Hall–Kier alpha value is -0.430. The molecule has 0 aromatic heterocycles. The van der Waals surface area contributed by atoms with E-state index in [0.717, 1.165) is 84.9 Å². The van der Waals surface area contributed by atoms with Crippen LogP contribution in [0.15, 0.2) is 23.3 Å². The second-order valence-electron chi connectivity index (χ2n) is 25.3. The predicted octanol–water partition coefficient (Wildman–Crippen LogP) is 13.7. The Balaban J connectivity index is 0.000000212. The van der Waals surface area contributed by atoms with Crippen LogP contribution >= 0.6 is 0 Å². The fraction of sp³-hybridized carbons (Fsp3) is 0.926. The van der Waals surface area contributed by atoms with Crippen molar-refractivity contribution in [2.24, 2.45) is 92.7 Å². The molecule has 6 fully saturated rings. The van der Waals surface area contributed by atoms with Gasteiger partial charge in [0.2, 0.25) is 20.8 Å². The molecule has 16 atom stereocenters. The monoisotopic (exact) mass is 963 g/mol. The van der Waals surface area contributed by atoms with Crippen molar-refractivity contribution in [1.82, 2.24) is 0 Å². The van der Waals surface area contributed by atoms with E-state index in [4.69, 9.17) is 8.37 Å². The van der Waals surface area contributed by atoms with E-state index in [1.165, 1.54) is 101 Å². The highest BCUT2D eigenvalue weighted by atomic mass is 32.3. The first-order chi connectivity index (χ1) is 29.9. The first-order valence-electron chi connectivity index (χ1n) is 26.5. The van der Waals surface area contributed by atoms with Crippen molar-refractivity contribution in [3.05, 3.63) is 23.3 Å². The van der Waals surface area contributed by atoms with E-state index in [1.54, 1.807) is 0 Å². The summed E-state index contributed by atoms with van der Waals surface area (Å²) in [7, 11) is -9.26. The first kappa shape index (κ1) is 53.9. The molecule has 0 amide bonds. The molecular formula is C54H90O8S3. The van der Waals surface area contributed by atoms with Crippen molar-refractivity contribution in [3.8, 4) is 0 Å². The van der Waals surface area contributed by atoms with Gasteiger partial charge in [-0.05, 0) is 195 Å². The Morgan fingerprint density at radius 3 is 1.25 bits per heavy atom. The van der Waals surface area contributed by atoms with Crippen LogP contribution in [0.1, 0.15) is 210 Å². The van der Waals surface area contributed by atoms with Crippen LogP contribution in [0.3, 0.4) is 0 Å². The Morgan fingerprint density at radius 2 is 0.908 bits per heavy atom. The maximum absolute atomic E-state index is 11.1. The molecule has 11 heteroatoms. The minimum atomic E-state index is -4.63. The Labute approximate surface area is 405 Å². The Kier molecular flexibility index (Phi) is 17.2. The molecule has 0 unspecified atom stereocenters. The fourth-order valence-electron chi connectivity index (χ4n) is 17.8. The third kappa shape index (κ3) is 11.4. The minimum absolute atomic E-state index is 0. The highest BCUT2D eigenvalue weighted by Crippen LogP contribution is 2.69. The van der Waals surface area contributed by atoms with E-state index in [9.17, 15) is 25.9 Å². The zero-order valence-electron chi connectivity index (χ0n) is 42.3. The molecule has 8 aliphatic carbocycles. The van der Waals surface area contributed by atoms with Gasteiger partial charge in [0.05, 0.1) is 12.2 Å². The molecule has 0 aliphatic heterocycles. The summed E-state index contributed by atoms with van der Waals surface area (Å²) in [6, 6.07) is 0. The zero-order chi connectivity index (χ0) is 46.6. The fourth-order valence-corrected chi connectivity index (χ4v) is 18.8. The average Bonchev–Trinajstić information content (AvgIpc) is 3.74. The summed E-state index contributed by atoms with van der Waals surface area (Å²) >= 11 is 0. The van der Waals surface area contributed by atoms with Crippen LogP contribution in [0, 0.1) is 92.7 Å². The van der Waals surface area contributed by atoms with E-state index in [0.29, 0.717) is 48.3 Å². The minimum Gasteiger partial charge on any atom is -0.726 e. The SMILES string of the molecule is CC(C)CCC[C@@H](C)[C@H]1CC[C@H]2[C@@H]3CC=C4C[C@@H](OS(=O)(=O)[O-])CC[C@]4(C)[C@H]3CC[C@]12C.CC(C)CCC[C@@H](C)[C@H]1CC[C@H]2[C@@H]3CC=C4C[C@@H](OS(=O)(=O)[O-])CC[C@]4(C)[C@H]3CC[C@]12C.[S+2]. The van der Waals surface area contributed by atoms with Crippen molar-refractivity contribution in [1.29, 1.82) is 0 Å². The van der Waals surface area contributed by atoms with Gasteiger partial charge in [0.1, 0.15) is 0 Å². The molecule has 372 valence electrons. The maximum atomic E-state index is 11.1. The van der Waals surface area contributed by atoms with Crippen molar-refractivity contribution < 1.29 is 34.3 Å². The van der Waals surface area contributed by atoms with Gasteiger partial charge in [0.15, 0.2) is 0 Å². The van der Waals surface area contributed by atoms with Gasteiger partial charge >= 0.3 is 13.5 Å². The summed E-state index contributed by atoms with van der Waals surface area (Å²) in [5.41, 5.74) is 3.99. The lowest BCUT2D eigenvalue weighted by molar-refractivity contribution is -0.0561. The number of fused-ring (bicyclic) bond motifs is 10. The van der Waals surface area contributed by atoms with Gasteiger partial charge in [-0.25, -0.2) is 16.8 Å². The third-order valence-electron chi connectivity index (χ3n) is 21.0. The van der Waals surface area contributed by atoms with Crippen LogP contribution in [-0.4, -0.2) is 38.1 Å². The molecule has 65 heavy (non-hydrogen) atoms. The lowest BCUT2D eigenvalue weighted by Crippen LogP contribution is -2.51. The van der Waals surface area contributed by atoms with Gasteiger partial charge in [-0.15, -0.1) is 0 Å². The molecule has 0 spiro atoms. The average molecular weight is 964 g/mol. The van der Waals surface area contributed by atoms with Gasteiger partial charge < -0.3 is 9.11 Å². The maximum Gasteiger partial charge on any atom is 2.00 e. The summed E-state index contributed by atoms with van der Waals surface area (Å²) in [6.45, 7) is 24.5. The topological polar surface area (TPSA) is 133 Å². The van der Waals surface area contributed by atoms with E-state index >= 15 is 0 Å². The molecule has 8 aliphatic rings. The van der Waals surface area contributed by atoms with Crippen LogP contribution in [0.5, 0.6) is 0 Å². The predicted molar refractivity (Wildman–Crippen MR) is 263 cm³/mol. The molecule has 8 rings (SSSR count). The summed E-state index contributed by atoms with van der Waals surface area (Å²) < 4.78 is 76.4. The summed E-state index contributed by atoms with van der Waals surface area (Å²) in [5, 5.41) is 0. The van der Waals surface area contributed by atoms with Gasteiger partial charge in [0, 0.05) is 0 Å². The second-order valence-corrected chi connectivity index (χ2v) is 27.3. The van der Waals surface area contributed by atoms with Crippen molar-refractivity contribution in [2.45, 2.75) is 223 Å². The van der Waals surface area contributed by atoms with Crippen molar-refractivity contribution in [3.63, 3.8) is 0 Å². The molecule has 0 N–H and O–H groups in total. The quantitative estimate of drug-likeness (QED) is 0.0955. The van der Waals surface area contributed by atoms with E-state index < -0.39 is 33.0 Å². The van der Waals surface area contributed by atoms with E-state index in [1.807, 2.05) is 0 Å².